The molecule has 0 aliphatic carbocycles. The van der Waals surface area contributed by atoms with Gasteiger partial charge in [-0.25, -0.2) is 14.0 Å². The van der Waals surface area contributed by atoms with E-state index in [0.717, 1.165) is 0 Å². The van der Waals surface area contributed by atoms with Gasteiger partial charge in [0.05, 0.1) is 25.3 Å². The van der Waals surface area contributed by atoms with Crippen molar-refractivity contribution < 1.29 is 33.3 Å². The smallest absolute Gasteiger partial charge is 0.338 e. The predicted octanol–water partition coefficient (Wildman–Crippen LogP) is 4.09. The van der Waals surface area contributed by atoms with E-state index in [1.165, 1.54) is 31.0 Å². The van der Waals surface area contributed by atoms with E-state index in [2.05, 4.69) is 0 Å². The van der Waals surface area contributed by atoms with Crippen molar-refractivity contribution in [3.63, 3.8) is 0 Å². The Kier molecular flexibility index (Phi) is 8.79. The number of halogens is 1. The minimum Gasteiger partial charge on any atom is -0.497 e. The van der Waals surface area contributed by atoms with Crippen LogP contribution in [0.4, 0.5) is 4.39 Å². The molecule has 2 aromatic carbocycles. The van der Waals surface area contributed by atoms with E-state index in [9.17, 15) is 14.0 Å². The average Bonchev–Trinajstić information content (AvgIpc) is 3.17. The van der Waals surface area contributed by atoms with Crippen LogP contribution in [0.1, 0.15) is 27.1 Å². The van der Waals surface area contributed by atoms with Gasteiger partial charge in [0.2, 0.25) is 0 Å². The van der Waals surface area contributed by atoms with E-state index in [1.807, 2.05) is 0 Å². The number of alkyl halides is 1. The van der Waals surface area contributed by atoms with Crippen molar-refractivity contribution in [1.82, 2.24) is 0 Å². The van der Waals surface area contributed by atoms with Gasteiger partial charge in [0.1, 0.15) is 24.3 Å². The highest BCUT2D eigenvalue weighted by molar-refractivity contribution is 8.00. The van der Waals surface area contributed by atoms with Crippen LogP contribution in [0.3, 0.4) is 0 Å². The van der Waals surface area contributed by atoms with Gasteiger partial charge in [0.25, 0.3) is 0 Å². The number of methoxy groups -OCH3 is 2. The van der Waals surface area contributed by atoms with Crippen molar-refractivity contribution in [3.05, 3.63) is 59.7 Å². The Labute approximate surface area is 173 Å². The SMILES string of the molecule is COc1ccc(C(=O)O)cc1.COc1ccc(C(=O)OCC2CC(F)CS2)cc1. The first-order chi connectivity index (χ1) is 13.9. The van der Waals surface area contributed by atoms with Crippen molar-refractivity contribution in [2.45, 2.75) is 17.8 Å². The van der Waals surface area contributed by atoms with Crippen LogP contribution >= 0.6 is 11.8 Å². The molecule has 2 aromatic rings. The first-order valence-corrected chi connectivity index (χ1v) is 9.92. The lowest BCUT2D eigenvalue weighted by atomic mass is 10.2. The highest BCUT2D eigenvalue weighted by Gasteiger charge is 2.26. The number of carbonyl (C=O) groups excluding carboxylic acids is 1. The molecule has 3 rings (SSSR count). The van der Waals surface area contributed by atoms with Gasteiger partial charge in [0.15, 0.2) is 0 Å². The maximum Gasteiger partial charge on any atom is 0.338 e. The molecule has 2 unspecified atom stereocenters. The quantitative estimate of drug-likeness (QED) is 0.702. The van der Waals surface area contributed by atoms with Crippen molar-refractivity contribution in [3.8, 4) is 11.5 Å². The van der Waals surface area contributed by atoms with Crippen LogP contribution in [-0.2, 0) is 4.74 Å². The van der Waals surface area contributed by atoms with E-state index < -0.39 is 12.1 Å². The molecule has 0 radical (unpaired) electrons. The number of carbonyl (C=O) groups is 2. The number of aromatic carboxylic acids is 1. The molecule has 156 valence electrons. The molecule has 1 aliphatic rings. The maximum atomic E-state index is 12.9. The second-order valence-corrected chi connectivity index (χ2v) is 7.48. The number of rotatable bonds is 6. The lowest BCUT2D eigenvalue weighted by molar-refractivity contribution is 0.0501. The largest absolute Gasteiger partial charge is 0.497 e. The second kappa shape index (κ2) is 11.3. The Morgan fingerprint density at radius 2 is 1.52 bits per heavy atom. The van der Waals surface area contributed by atoms with Gasteiger partial charge < -0.3 is 19.3 Å². The molecule has 0 spiro atoms. The third-order valence-electron chi connectivity index (χ3n) is 4.09. The van der Waals surface area contributed by atoms with E-state index in [4.69, 9.17) is 19.3 Å². The third kappa shape index (κ3) is 7.30. The van der Waals surface area contributed by atoms with E-state index in [1.54, 1.807) is 43.5 Å². The number of hydrogen-bond donors (Lipinski definition) is 1. The summed E-state index contributed by atoms with van der Waals surface area (Å²) in [5.74, 6) is 0.562. The number of carboxylic acids is 1. The van der Waals surface area contributed by atoms with Crippen LogP contribution in [0.2, 0.25) is 0 Å². The molecule has 0 aromatic heterocycles. The third-order valence-corrected chi connectivity index (χ3v) is 5.45. The molecule has 6 nitrogen and oxygen atoms in total. The lowest BCUT2D eigenvalue weighted by Gasteiger charge is -2.09. The first-order valence-electron chi connectivity index (χ1n) is 8.87. The van der Waals surface area contributed by atoms with Gasteiger partial charge in [-0.05, 0) is 55.0 Å². The molecule has 0 bridgehead atoms. The molecular formula is C21H23FO6S. The average molecular weight is 422 g/mol. The Hall–Kier alpha value is -2.74. The highest BCUT2D eigenvalue weighted by Crippen LogP contribution is 2.29. The number of carboxylic acid groups (broad SMARTS) is 1. The summed E-state index contributed by atoms with van der Waals surface area (Å²) in [7, 11) is 3.10. The number of esters is 1. The van der Waals surface area contributed by atoms with E-state index in [0.29, 0.717) is 29.2 Å². The Morgan fingerprint density at radius 1 is 1.00 bits per heavy atom. The normalized spacial score (nSPS) is 17.6. The fraction of sp³-hybridized carbons (Fsp3) is 0.333. The summed E-state index contributed by atoms with van der Waals surface area (Å²) in [4.78, 5) is 22.1. The Morgan fingerprint density at radius 3 is 1.93 bits per heavy atom. The van der Waals surface area contributed by atoms with Crippen LogP contribution in [0.25, 0.3) is 0 Å². The van der Waals surface area contributed by atoms with Gasteiger partial charge in [-0.3, -0.25) is 0 Å². The number of ether oxygens (including phenoxy) is 3. The summed E-state index contributed by atoms with van der Waals surface area (Å²) in [6.07, 6.45) is -0.291. The van der Waals surface area contributed by atoms with Gasteiger partial charge in [0, 0.05) is 11.0 Å². The van der Waals surface area contributed by atoms with Crippen LogP contribution in [0.5, 0.6) is 11.5 Å². The monoisotopic (exact) mass is 422 g/mol. The molecule has 2 atom stereocenters. The topological polar surface area (TPSA) is 82.1 Å². The molecule has 0 amide bonds. The van der Waals surface area contributed by atoms with Crippen molar-refractivity contribution >= 4 is 23.7 Å². The van der Waals surface area contributed by atoms with Crippen LogP contribution in [0.15, 0.2) is 48.5 Å². The molecule has 1 aliphatic heterocycles. The first kappa shape index (κ1) is 22.5. The van der Waals surface area contributed by atoms with Gasteiger partial charge in [-0.1, -0.05) is 0 Å². The molecule has 29 heavy (non-hydrogen) atoms. The second-order valence-electron chi connectivity index (χ2n) is 6.15. The van der Waals surface area contributed by atoms with Crippen LogP contribution in [-0.4, -0.2) is 55.0 Å². The molecule has 1 N–H and O–H groups in total. The number of benzene rings is 2. The molecule has 1 heterocycles. The zero-order valence-electron chi connectivity index (χ0n) is 16.2. The van der Waals surface area contributed by atoms with Gasteiger partial charge >= 0.3 is 11.9 Å². The fourth-order valence-electron chi connectivity index (χ4n) is 2.49. The summed E-state index contributed by atoms with van der Waals surface area (Å²) in [5.41, 5.74) is 0.751. The Balaban J connectivity index is 0.000000234. The molecule has 1 fully saturated rings. The lowest BCUT2D eigenvalue weighted by Crippen LogP contribution is -2.15. The molecular weight excluding hydrogens is 399 g/mol. The summed E-state index contributed by atoms with van der Waals surface area (Å²) in [6.45, 7) is 0.274. The highest BCUT2D eigenvalue weighted by atomic mass is 32.2. The number of thioether (sulfide) groups is 1. The van der Waals surface area contributed by atoms with Crippen LogP contribution in [0, 0.1) is 0 Å². The van der Waals surface area contributed by atoms with Crippen molar-refractivity contribution in [2.75, 3.05) is 26.6 Å². The van der Waals surface area contributed by atoms with Crippen LogP contribution < -0.4 is 9.47 Å². The maximum absolute atomic E-state index is 12.9. The van der Waals surface area contributed by atoms with Crippen molar-refractivity contribution in [2.24, 2.45) is 0 Å². The minimum absolute atomic E-state index is 0.0854. The summed E-state index contributed by atoms with van der Waals surface area (Å²) >= 11 is 1.52. The molecule has 0 saturated carbocycles. The zero-order chi connectivity index (χ0) is 21.2. The standard InChI is InChI=1S/C13H15FO3S.C8H8O3/c1-16-11-4-2-9(3-5-11)13(15)17-7-12-6-10(14)8-18-12;1-11-7-4-2-6(3-5-7)8(9)10/h2-5,10,12H,6-8H2,1H3;2-5H,1H3,(H,9,10). The summed E-state index contributed by atoms with van der Waals surface area (Å²) in [6, 6.07) is 13.0. The minimum atomic E-state index is -0.923. The van der Waals surface area contributed by atoms with E-state index >= 15 is 0 Å². The fourth-order valence-corrected chi connectivity index (χ4v) is 3.62. The van der Waals surface area contributed by atoms with Gasteiger partial charge in [-0.2, -0.15) is 11.8 Å². The summed E-state index contributed by atoms with van der Waals surface area (Å²) < 4.78 is 28.0. The predicted molar refractivity (Wildman–Crippen MR) is 109 cm³/mol. The summed E-state index contributed by atoms with van der Waals surface area (Å²) in [5, 5.41) is 8.59. The molecule has 8 heteroatoms. The Bertz CT molecular complexity index is 794. The van der Waals surface area contributed by atoms with Gasteiger partial charge in [-0.15, -0.1) is 0 Å². The number of hydrogen-bond acceptors (Lipinski definition) is 6. The van der Waals surface area contributed by atoms with Crippen molar-refractivity contribution in [1.29, 1.82) is 0 Å². The van der Waals surface area contributed by atoms with E-state index in [-0.39, 0.29) is 23.4 Å². The zero-order valence-corrected chi connectivity index (χ0v) is 17.0. The molecule has 1 saturated heterocycles.